The molecular formula is C9H6N2S. The van der Waals surface area contributed by atoms with E-state index in [2.05, 4.69) is 10.2 Å². The fourth-order valence-corrected chi connectivity index (χ4v) is 1.28. The standard InChI is InChI=1S/C9H6N2S/c12-9-8(6-10-11-9)7-4-2-1-3-5-7/h1-6H. The molecule has 0 bridgehead atoms. The van der Waals surface area contributed by atoms with Crippen LogP contribution in [0, 0.1) is 0 Å². The fourth-order valence-electron chi connectivity index (χ4n) is 1.06. The van der Waals surface area contributed by atoms with E-state index in [-0.39, 0.29) is 0 Å². The summed E-state index contributed by atoms with van der Waals surface area (Å²) in [6.45, 7) is 0. The van der Waals surface area contributed by atoms with Crippen LogP contribution in [0.4, 0.5) is 0 Å². The Bertz CT molecular complexity index is 365. The number of nitrogens with zero attached hydrogens (tertiary/aromatic N) is 2. The van der Waals surface area contributed by atoms with Gasteiger partial charge in [-0.3, -0.25) is 0 Å². The number of rotatable bonds is 1. The van der Waals surface area contributed by atoms with Crippen molar-refractivity contribution in [2.75, 3.05) is 0 Å². The highest BCUT2D eigenvalue weighted by atomic mass is 32.1. The van der Waals surface area contributed by atoms with Crippen molar-refractivity contribution in [3.8, 4) is 0 Å². The molecule has 0 aromatic heterocycles. The lowest BCUT2D eigenvalue weighted by atomic mass is 10.1. The molecule has 1 aliphatic heterocycles. The Morgan fingerprint density at radius 3 is 2.42 bits per heavy atom. The summed E-state index contributed by atoms with van der Waals surface area (Å²) < 4.78 is 0. The number of thiocarbonyl (C=S) groups is 1. The maximum absolute atomic E-state index is 4.99. The second-order valence-electron chi connectivity index (χ2n) is 2.43. The molecule has 1 aromatic rings. The van der Waals surface area contributed by atoms with Crippen LogP contribution in [0.1, 0.15) is 5.56 Å². The van der Waals surface area contributed by atoms with Gasteiger partial charge in [0, 0.05) is 5.57 Å². The fraction of sp³-hybridized carbons (Fsp3) is 0. The van der Waals surface area contributed by atoms with Gasteiger partial charge in [0.15, 0.2) is 4.99 Å². The lowest BCUT2D eigenvalue weighted by Gasteiger charge is -1.97. The monoisotopic (exact) mass is 174 g/mol. The van der Waals surface area contributed by atoms with E-state index in [1.807, 2.05) is 30.3 Å². The molecule has 1 aromatic carbocycles. The van der Waals surface area contributed by atoms with E-state index in [1.54, 1.807) is 6.20 Å². The van der Waals surface area contributed by atoms with E-state index >= 15 is 0 Å². The molecule has 0 fully saturated rings. The maximum Gasteiger partial charge on any atom is 0.158 e. The van der Waals surface area contributed by atoms with Gasteiger partial charge in [-0.2, -0.15) is 5.11 Å². The molecule has 12 heavy (non-hydrogen) atoms. The number of hydrogen-bond acceptors (Lipinski definition) is 2. The molecule has 0 N–H and O–H groups in total. The average molecular weight is 174 g/mol. The first kappa shape index (κ1) is 7.31. The molecular weight excluding hydrogens is 168 g/mol. The number of benzene rings is 1. The highest BCUT2D eigenvalue weighted by molar-refractivity contribution is 7.81. The van der Waals surface area contributed by atoms with E-state index in [9.17, 15) is 0 Å². The Balaban J connectivity index is 2.40. The first-order chi connectivity index (χ1) is 5.88. The lowest BCUT2D eigenvalue weighted by molar-refractivity contribution is 1.34. The summed E-state index contributed by atoms with van der Waals surface area (Å²) in [4.78, 5) is 0.571. The molecule has 0 aliphatic carbocycles. The molecule has 0 unspecified atom stereocenters. The van der Waals surface area contributed by atoms with Crippen LogP contribution in [-0.2, 0) is 0 Å². The quantitative estimate of drug-likeness (QED) is 0.601. The van der Waals surface area contributed by atoms with Gasteiger partial charge in [0.2, 0.25) is 0 Å². The van der Waals surface area contributed by atoms with Gasteiger partial charge in [0.05, 0.1) is 6.20 Å². The van der Waals surface area contributed by atoms with Crippen LogP contribution in [0.5, 0.6) is 0 Å². The highest BCUT2D eigenvalue weighted by Gasteiger charge is 2.10. The van der Waals surface area contributed by atoms with Crippen molar-refractivity contribution < 1.29 is 0 Å². The van der Waals surface area contributed by atoms with Crippen molar-refractivity contribution in [2.45, 2.75) is 0 Å². The van der Waals surface area contributed by atoms with E-state index in [0.717, 1.165) is 11.1 Å². The van der Waals surface area contributed by atoms with Gasteiger partial charge in [-0.15, -0.1) is 5.11 Å². The van der Waals surface area contributed by atoms with E-state index in [1.165, 1.54) is 0 Å². The van der Waals surface area contributed by atoms with Crippen molar-refractivity contribution in [3.05, 3.63) is 42.1 Å². The van der Waals surface area contributed by atoms with Gasteiger partial charge < -0.3 is 0 Å². The van der Waals surface area contributed by atoms with Gasteiger partial charge in [-0.1, -0.05) is 42.5 Å². The predicted octanol–water partition coefficient (Wildman–Crippen LogP) is 2.82. The molecule has 2 nitrogen and oxygen atoms in total. The summed E-state index contributed by atoms with van der Waals surface area (Å²) in [5.41, 5.74) is 2.01. The molecule has 0 spiro atoms. The zero-order chi connectivity index (χ0) is 8.39. The third-order valence-corrected chi connectivity index (χ3v) is 1.95. The van der Waals surface area contributed by atoms with E-state index in [4.69, 9.17) is 12.2 Å². The minimum absolute atomic E-state index is 0.571. The summed E-state index contributed by atoms with van der Waals surface area (Å²) in [5, 5.41) is 7.50. The molecule has 1 heterocycles. The Labute approximate surface area is 75.6 Å². The molecule has 0 atom stereocenters. The van der Waals surface area contributed by atoms with Crippen molar-refractivity contribution in [2.24, 2.45) is 10.2 Å². The van der Waals surface area contributed by atoms with Crippen LogP contribution in [0.3, 0.4) is 0 Å². The maximum atomic E-state index is 4.99. The molecule has 1 aliphatic rings. The minimum atomic E-state index is 0.571. The van der Waals surface area contributed by atoms with Gasteiger partial charge in [-0.05, 0) is 5.56 Å². The Hall–Kier alpha value is -1.35. The summed E-state index contributed by atoms with van der Waals surface area (Å²) in [5.74, 6) is 0. The minimum Gasteiger partial charge on any atom is -0.157 e. The van der Waals surface area contributed by atoms with Crippen LogP contribution in [0.25, 0.3) is 5.57 Å². The summed E-state index contributed by atoms with van der Waals surface area (Å²) in [7, 11) is 0. The van der Waals surface area contributed by atoms with E-state index in [0.29, 0.717) is 4.99 Å². The number of hydrogen-bond donors (Lipinski definition) is 0. The van der Waals surface area contributed by atoms with Gasteiger partial charge in [0.25, 0.3) is 0 Å². The molecule has 58 valence electrons. The van der Waals surface area contributed by atoms with Crippen molar-refractivity contribution in [3.63, 3.8) is 0 Å². The number of azo groups is 1. The second kappa shape index (κ2) is 2.95. The molecule has 3 heteroatoms. The highest BCUT2D eigenvalue weighted by Crippen LogP contribution is 2.21. The van der Waals surface area contributed by atoms with Crippen molar-refractivity contribution >= 4 is 22.8 Å². The second-order valence-corrected chi connectivity index (χ2v) is 2.82. The SMILES string of the molecule is S=C1N=NC=C1c1ccccc1. The Morgan fingerprint density at radius 2 is 1.83 bits per heavy atom. The molecule has 0 saturated heterocycles. The summed E-state index contributed by atoms with van der Waals surface area (Å²) >= 11 is 4.99. The van der Waals surface area contributed by atoms with Gasteiger partial charge >= 0.3 is 0 Å². The zero-order valence-electron chi connectivity index (χ0n) is 6.27. The van der Waals surface area contributed by atoms with Crippen molar-refractivity contribution in [1.29, 1.82) is 0 Å². The van der Waals surface area contributed by atoms with Crippen LogP contribution < -0.4 is 0 Å². The van der Waals surface area contributed by atoms with Crippen molar-refractivity contribution in [1.82, 2.24) is 0 Å². The predicted molar refractivity (Wildman–Crippen MR) is 51.9 cm³/mol. The third-order valence-electron chi connectivity index (χ3n) is 1.65. The van der Waals surface area contributed by atoms with Crippen LogP contribution in [-0.4, -0.2) is 4.99 Å². The third kappa shape index (κ3) is 1.19. The molecule has 0 radical (unpaired) electrons. The Morgan fingerprint density at radius 1 is 1.08 bits per heavy atom. The molecule has 0 saturated carbocycles. The largest absolute Gasteiger partial charge is 0.158 e. The van der Waals surface area contributed by atoms with Crippen LogP contribution >= 0.6 is 12.2 Å². The van der Waals surface area contributed by atoms with Gasteiger partial charge in [-0.25, -0.2) is 0 Å². The lowest BCUT2D eigenvalue weighted by Crippen LogP contribution is -1.89. The van der Waals surface area contributed by atoms with Crippen LogP contribution in [0.15, 0.2) is 46.8 Å². The molecule has 2 rings (SSSR count). The molecule has 0 amide bonds. The normalized spacial score (nSPS) is 15.0. The summed E-state index contributed by atoms with van der Waals surface area (Å²) in [6, 6.07) is 9.90. The van der Waals surface area contributed by atoms with Crippen LogP contribution in [0.2, 0.25) is 0 Å². The van der Waals surface area contributed by atoms with E-state index < -0.39 is 0 Å². The first-order valence-corrected chi connectivity index (χ1v) is 3.99. The average Bonchev–Trinajstić information content (AvgIpc) is 2.53. The topological polar surface area (TPSA) is 24.7 Å². The smallest absolute Gasteiger partial charge is 0.157 e. The first-order valence-electron chi connectivity index (χ1n) is 3.59. The van der Waals surface area contributed by atoms with Gasteiger partial charge in [0.1, 0.15) is 0 Å². The summed E-state index contributed by atoms with van der Waals surface area (Å²) in [6.07, 6.45) is 1.69. The Kier molecular flexibility index (Phi) is 1.80. The zero-order valence-corrected chi connectivity index (χ0v) is 7.08.